The Morgan fingerprint density at radius 3 is 2.06 bits per heavy atom. The van der Waals surface area contributed by atoms with Crippen LogP contribution >= 0.6 is 0 Å². The summed E-state index contributed by atoms with van der Waals surface area (Å²) in [6.07, 6.45) is 0.637. The van der Waals surface area contributed by atoms with Gasteiger partial charge in [-0.2, -0.15) is 5.26 Å². The SMILES string of the molecule is Cc1cc(C(C)(C)C)cc(C)c1CC(N)C#N. The summed E-state index contributed by atoms with van der Waals surface area (Å²) in [5.74, 6) is 0. The molecule has 0 radical (unpaired) electrons. The third-order valence-electron chi connectivity index (χ3n) is 3.15. The van der Waals surface area contributed by atoms with E-state index in [4.69, 9.17) is 11.0 Å². The number of hydrogen-bond donors (Lipinski definition) is 1. The quantitative estimate of drug-likeness (QED) is 0.849. The van der Waals surface area contributed by atoms with Gasteiger partial charge in [0, 0.05) is 6.42 Å². The van der Waals surface area contributed by atoms with Gasteiger partial charge < -0.3 is 5.73 Å². The highest BCUT2D eigenvalue weighted by molar-refractivity contribution is 5.41. The van der Waals surface area contributed by atoms with Gasteiger partial charge in [-0.05, 0) is 41.5 Å². The summed E-state index contributed by atoms with van der Waals surface area (Å²) in [5.41, 5.74) is 10.9. The first-order valence-corrected chi connectivity index (χ1v) is 6.01. The van der Waals surface area contributed by atoms with E-state index in [-0.39, 0.29) is 5.41 Å². The molecule has 2 nitrogen and oxygen atoms in total. The van der Waals surface area contributed by atoms with Crippen molar-refractivity contribution in [3.63, 3.8) is 0 Å². The Kier molecular flexibility index (Phi) is 3.95. The van der Waals surface area contributed by atoms with Crippen molar-refractivity contribution in [2.45, 2.75) is 52.5 Å². The van der Waals surface area contributed by atoms with Gasteiger partial charge in [-0.25, -0.2) is 0 Å². The first-order valence-electron chi connectivity index (χ1n) is 6.01. The molecule has 0 fully saturated rings. The van der Waals surface area contributed by atoms with Crippen molar-refractivity contribution in [2.75, 3.05) is 0 Å². The van der Waals surface area contributed by atoms with Crippen LogP contribution in [0.15, 0.2) is 12.1 Å². The van der Waals surface area contributed by atoms with Crippen molar-refractivity contribution < 1.29 is 0 Å². The average Bonchev–Trinajstić information content (AvgIpc) is 2.21. The van der Waals surface area contributed by atoms with Gasteiger partial charge in [0.25, 0.3) is 0 Å². The maximum atomic E-state index is 8.79. The summed E-state index contributed by atoms with van der Waals surface area (Å²) in [5, 5.41) is 8.79. The molecule has 0 bridgehead atoms. The van der Waals surface area contributed by atoms with E-state index >= 15 is 0 Å². The molecule has 0 aliphatic rings. The predicted octanol–water partition coefficient (Wildman–Crippen LogP) is 2.99. The van der Waals surface area contributed by atoms with Crippen LogP contribution < -0.4 is 5.73 Å². The van der Waals surface area contributed by atoms with Gasteiger partial charge in [0.2, 0.25) is 0 Å². The normalized spacial score (nSPS) is 13.2. The molecule has 0 amide bonds. The first kappa shape index (κ1) is 13.7. The summed E-state index contributed by atoms with van der Waals surface area (Å²) in [7, 11) is 0. The Hall–Kier alpha value is -1.33. The second-order valence-corrected chi connectivity index (χ2v) is 5.78. The highest BCUT2D eigenvalue weighted by atomic mass is 14.6. The average molecular weight is 230 g/mol. The second-order valence-electron chi connectivity index (χ2n) is 5.78. The molecule has 1 unspecified atom stereocenters. The molecule has 0 heterocycles. The molecular formula is C15H22N2. The number of nitriles is 1. The Morgan fingerprint density at radius 1 is 1.24 bits per heavy atom. The van der Waals surface area contributed by atoms with Crippen molar-refractivity contribution in [1.82, 2.24) is 0 Å². The molecule has 1 aromatic carbocycles. The summed E-state index contributed by atoms with van der Waals surface area (Å²) in [4.78, 5) is 0. The fraction of sp³-hybridized carbons (Fsp3) is 0.533. The van der Waals surface area contributed by atoms with E-state index in [9.17, 15) is 0 Å². The number of aryl methyl sites for hydroxylation is 2. The van der Waals surface area contributed by atoms with E-state index in [0.717, 1.165) is 0 Å². The molecule has 17 heavy (non-hydrogen) atoms. The van der Waals surface area contributed by atoms with Crippen LogP contribution in [0.5, 0.6) is 0 Å². The zero-order valence-electron chi connectivity index (χ0n) is 11.5. The molecular weight excluding hydrogens is 208 g/mol. The fourth-order valence-electron chi connectivity index (χ4n) is 2.01. The molecule has 2 N–H and O–H groups in total. The number of hydrogen-bond acceptors (Lipinski definition) is 2. The monoisotopic (exact) mass is 230 g/mol. The van der Waals surface area contributed by atoms with Crippen molar-refractivity contribution in [1.29, 1.82) is 5.26 Å². The standard InChI is InChI=1S/C15H22N2/c1-10-6-12(15(3,4)5)7-11(2)14(10)8-13(17)9-16/h6-7,13H,8,17H2,1-5H3. The predicted molar refractivity (Wildman–Crippen MR) is 71.9 cm³/mol. The summed E-state index contributed by atoms with van der Waals surface area (Å²) >= 11 is 0. The highest BCUT2D eigenvalue weighted by Crippen LogP contribution is 2.27. The lowest BCUT2D eigenvalue weighted by Gasteiger charge is -2.22. The van der Waals surface area contributed by atoms with E-state index in [1.165, 1.54) is 22.3 Å². The third-order valence-corrected chi connectivity index (χ3v) is 3.15. The first-order chi connectivity index (χ1) is 7.75. The van der Waals surface area contributed by atoms with Gasteiger partial charge in [-0.3, -0.25) is 0 Å². The third kappa shape index (κ3) is 3.31. The Morgan fingerprint density at radius 2 is 1.71 bits per heavy atom. The van der Waals surface area contributed by atoms with Crippen molar-refractivity contribution in [3.8, 4) is 6.07 Å². The van der Waals surface area contributed by atoms with Crippen LogP contribution in [0.4, 0.5) is 0 Å². The maximum absolute atomic E-state index is 8.79. The van der Waals surface area contributed by atoms with Crippen LogP contribution in [0.3, 0.4) is 0 Å². The molecule has 1 atom stereocenters. The van der Waals surface area contributed by atoms with Gasteiger partial charge in [0.15, 0.2) is 0 Å². The molecule has 0 aromatic heterocycles. The van der Waals surface area contributed by atoms with Gasteiger partial charge in [0.05, 0.1) is 12.1 Å². The van der Waals surface area contributed by atoms with Gasteiger partial charge >= 0.3 is 0 Å². The van der Waals surface area contributed by atoms with Gasteiger partial charge in [-0.15, -0.1) is 0 Å². The molecule has 0 saturated carbocycles. The van der Waals surface area contributed by atoms with Crippen molar-refractivity contribution >= 4 is 0 Å². The van der Waals surface area contributed by atoms with Gasteiger partial charge in [-0.1, -0.05) is 32.9 Å². The fourth-order valence-corrected chi connectivity index (χ4v) is 2.01. The van der Waals surface area contributed by atoms with Crippen LogP contribution in [0.2, 0.25) is 0 Å². The lowest BCUT2D eigenvalue weighted by atomic mass is 9.83. The number of benzene rings is 1. The minimum Gasteiger partial charge on any atom is -0.316 e. The lowest BCUT2D eigenvalue weighted by Crippen LogP contribution is -2.22. The van der Waals surface area contributed by atoms with E-state index in [1.807, 2.05) is 0 Å². The molecule has 2 heteroatoms. The molecule has 1 aromatic rings. The van der Waals surface area contributed by atoms with Crippen LogP contribution in [-0.4, -0.2) is 6.04 Å². The Labute approximate surface area is 104 Å². The minimum absolute atomic E-state index is 0.158. The van der Waals surface area contributed by atoms with E-state index in [2.05, 4.69) is 52.8 Å². The minimum atomic E-state index is -0.409. The molecule has 0 saturated heterocycles. The molecule has 92 valence electrons. The van der Waals surface area contributed by atoms with E-state index < -0.39 is 6.04 Å². The summed E-state index contributed by atoms with van der Waals surface area (Å²) in [6, 6.07) is 6.11. The zero-order chi connectivity index (χ0) is 13.2. The molecule has 0 aliphatic heterocycles. The summed E-state index contributed by atoms with van der Waals surface area (Å²) < 4.78 is 0. The second kappa shape index (κ2) is 4.89. The number of nitrogens with zero attached hydrogens (tertiary/aromatic N) is 1. The smallest absolute Gasteiger partial charge is 0.0968 e. The molecule has 0 aliphatic carbocycles. The molecule has 1 rings (SSSR count). The van der Waals surface area contributed by atoms with Gasteiger partial charge in [0.1, 0.15) is 0 Å². The van der Waals surface area contributed by atoms with Crippen molar-refractivity contribution in [3.05, 3.63) is 34.4 Å². The van der Waals surface area contributed by atoms with Crippen LogP contribution in [0.1, 0.15) is 43.0 Å². The van der Waals surface area contributed by atoms with E-state index in [0.29, 0.717) is 6.42 Å². The Bertz CT molecular complexity index is 424. The largest absolute Gasteiger partial charge is 0.316 e. The highest BCUT2D eigenvalue weighted by Gasteiger charge is 2.17. The number of rotatable bonds is 2. The summed E-state index contributed by atoms with van der Waals surface area (Å²) in [6.45, 7) is 10.8. The van der Waals surface area contributed by atoms with Crippen LogP contribution in [-0.2, 0) is 11.8 Å². The van der Waals surface area contributed by atoms with Crippen LogP contribution in [0.25, 0.3) is 0 Å². The zero-order valence-corrected chi connectivity index (χ0v) is 11.5. The van der Waals surface area contributed by atoms with Crippen LogP contribution in [0, 0.1) is 25.2 Å². The molecule has 0 spiro atoms. The maximum Gasteiger partial charge on any atom is 0.0968 e. The van der Waals surface area contributed by atoms with Crippen molar-refractivity contribution in [2.24, 2.45) is 5.73 Å². The Balaban J connectivity index is 3.17. The lowest BCUT2D eigenvalue weighted by molar-refractivity contribution is 0.588. The topological polar surface area (TPSA) is 49.8 Å². The van der Waals surface area contributed by atoms with E-state index in [1.54, 1.807) is 0 Å². The number of nitrogens with two attached hydrogens (primary N) is 1.